The van der Waals surface area contributed by atoms with E-state index in [4.69, 9.17) is 0 Å². The van der Waals surface area contributed by atoms with Gasteiger partial charge in [0.05, 0.1) is 23.7 Å². The number of amides is 4. The molecule has 0 aromatic carbocycles. The Morgan fingerprint density at radius 3 is 1.38 bits per heavy atom. The summed E-state index contributed by atoms with van der Waals surface area (Å²) in [5.74, 6) is -2.35. The SMILES string of the molecule is C=CCN1C(=O)[C@H]2[C@@H]3C=C[C@@H]([C@@H]2C1=O)[C@H]1[C@H]2C(=O)N(CC=C)C(=O)[C@@H]2[C@H]31. The summed E-state index contributed by atoms with van der Waals surface area (Å²) in [6.07, 6.45) is 7.15. The maximum atomic E-state index is 12.9. The number of allylic oxidation sites excluding steroid dienone is 2. The first-order valence-corrected chi connectivity index (χ1v) is 9.13. The minimum atomic E-state index is -0.393. The molecule has 6 nitrogen and oxygen atoms in total. The van der Waals surface area contributed by atoms with Gasteiger partial charge in [0.15, 0.2) is 0 Å². The first kappa shape index (κ1) is 15.7. The molecule has 6 aliphatic rings. The van der Waals surface area contributed by atoms with Gasteiger partial charge in [-0.1, -0.05) is 24.3 Å². The third-order valence-corrected chi connectivity index (χ3v) is 7.15. The molecule has 2 bridgehead atoms. The smallest absolute Gasteiger partial charge is 0.234 e. The lowest BCUT2D eigenvalue weighted by atomic mass is 9.40. The van der Waals surface area contributed by atoms with Crippen LogP contribution in [0.1, 0.15) is 0 Å². The molecular weight excluding hydrogens is 332 g/mol. The molecule has 8 atom stereocenters. The van der Waals surface area contributed by atoms with Gasteiger partial charge in [0.2, 0.25) is 23.6 Å². The zero-order chi connectivity index (χ0) is 18.3. The van der Waals surface area contributed by atoms with Crippen LogP contribution in [0.5, 0.6) is 0 Å². The van der Waals surface area contributed by atoms with E-state index in [-0.39, 0.29) is 72.2 Å². The van der Waals surface area contributed by atoms with E-state index < -0.39 is 11.8 Å². The monoisotopic (exact) mass is 352 g/mol. The molecule has 0 aromatic heterocycles. The lowest BCUT2D eigenvalue weighted by Crippen LogP contribution is -2.63. The average Bonchev–Trinajstić information content (AvgIpc) is 2.97. The lowest BCUT2D eigenvalue weighted by Gasteiger charge is -2.60. The van der Waals surface area contributed by atoms with Crippen LogP contribution in [0.25, 0.3) is 0 Å². The molecule has 134 valence electrons. The Bertz CT molecular complexity index is 759. The second kappa shape index (κ2) is 5.02. The van der Waals surface area contributed by atoms with Crippen molar-refractivity contribution in [1.29, 1.82) is 0 Å². The number of rotatable bonds is 4. The summed E-state index contributed by atoms with van der Waals surface area (Å²) in [5, 5.41) is 0. The number of imide groups is 2. The highest BCUT2D eigenvalue weighted by atomic mass is 16.2. The number of carbonyl (C=O) groups excluding carboxylic acids is 4. The molecule has 2 heterocycles. The van der Waals surface area contributed by atoms with Crippen molar-refractivity contribution in [2.75, 3.05) is 13.1 Å². The van der Waals surface area contributed by atoms with E-state index in [2.05, 4.69) is 13.2 Å². The predicted molar refractivity (Wildman–Crippen MR) is 90.9 cm³/mol. The summed E-state index contributed by atoms with van der Waals surface area (Å²) in [7, 11) is 0. The quantitative estimate of drug-likeness (QED) is 0.549. The van der Waals surface area contributed by atoms with Crippen LogP contribution in [-0.2, 0) is 19.2 Å². The normalized spacial score (nSPS) is 44.8. The van der Waals surface area contributed by atoms with Crippen LogP contribution in [0, 0.1) is 47.3 Å². The van der Waals surface area contributed by atoms with Crippen molar-refractivity contribution in [3.63, 3.8) is 0 Å². The Hall–Kier alpha value is -2.50. The van der Waals surface area contributed by atoms with Gasteiger partial charge in [-0.25, -0.2) is 0 Å². The summed E-state index contributed by atoms with van der Waals surface area (Å²) in [6.45, 7) is 7.71. The molecule has 0 N–H and O–H groups in total. The molecule has 0 unspecified atom stereocenters. The van der Waals surface area contributed by atoms with Crippen molar-refractivity contribution in [3.05, 3.63) is 37.5 Å². The van der Waals surface area contributed by atoms with E-state index in [1.807, 2.05) is 12.2 Å². The van der Waals surface area contributed by atoms with Gasteiger partial charge in [-0.15, -0.1) is 13.2 Å². The molecular formula is C20H20N2O4. The van der Waals surface area contributed by atoms with E-state index in [9.17, 15) is 19.2 Å². The largest absolute Gasteiger partial charge is 0.278 e. The van der Waals surface area contributed by atoms with Gasteiger partial charge in [-0.2, -0.15) is 0 Å². The minimum absolute atomic E-state index is 0.0112. The summed E-state index contributed by atoms with van der Waals surface area (Å²) in [4.78, 5) is 53.8. The number of fused-ring (bicyclic) bond motifs is 1. The average molecular weight is 352 g/mol. The van der Waals surface area contributed by atoms with Crippen LogP contribution in [0.15, 0.2) is 37.5 Å². The van der Waals surface area contributed by atoms with Crippen LogP contribution in [0.2, 0.25) is 0 Å². The van der Waals surface area contributed by atoms with E-state index in [1.54, 1.807) is 12.2 Å². The second-order valence-corrected chi connectivity index (χ2v) is 7.95. The number of hydrogen-bond donors (Lipinski definition) is 0. The van der Waals surface area contributed by atoms with Gasteiger partial charge >= 0.3 is 0 Å². The van der Waals surface area contributed by atoms with Crippen molar-refractivity contribution in [3.8, 4) is 0 Å². The van der Waals surface area contributed by atoms with Gasteiger partial charge in [0, 0.05) is 13.1 Å². The molecule has 4 amide bonds. The summed E-state index contributed by atoms with van der Waals surface area (Å²) in [6, 6.07) is 0. The van der Waals surface area contributed by atoms with Gasteiger partial charge in [0.1, 0.15) is 0 Å². The second-order valence-electron chi connectivity index (χ2n) is 7.95. The lowest BCUT2D eigenvalue weighted by molar-refractivity contribution is -0.166. The molecule has 2 saturated carbocycles. The first-order chi connectivity index (χ1) is 12.5. The zero-order valence-electron chi connectivity index (χ0n) is 14.3. The molecule has 4 fully saturated rings. The summed E-state index contributed by atoms with van der Waals surface area (Å²) < 4.78 is 0. The van der Waals surface area contributed by atoms with Gasteiger partial charge < -0.3 is 0 Å². The Labute approximate surface area is 151 Å². The van der Waals surface area contributed by atoms with E-state index in [0.717, 1.165) is 0 Å². The van der Waals surface area contributed by atoms with E-state index in [0.29, 0.717) is 0 Å². The summed E-state index contributed by atoms with van der Waals surface area (Å²) in [5.41, 5.74) is 0. The minimum Gasteiger partial charge on any atom is -0.278 e. The molecule has 0 radical (unpaired) electrons. The molecule has 2 saturated heterocycles. The number of carbonyl (C=O) groups is 4. The van der Waals surface area contributed by atoms with Crippen LogP contribution >= 0.6 is 0 Å². The summed E-state index contributed by atoms with van der Waals surface area (Å²) >= 11 is 0. The third-order valence-electron chi connectivity index (χ3n) is 7.15. The topological polar surface area (TPSA) is 74.8 Å². The highest BCUT2D eigenvalue weighted by Gasteiger charge is 2.74. The standard InChI is InChI=1S/C20H20N2O4/c1-3-7-21-17(23)13-9-5-6-10(14(13)18(21)24)12-11(9)15-16(12)20(26)22(8-4-2)19(15)25/h3-6,9-16H,1-2,7-8H2/t9-,10-,11-,12-,13+,14+,15-,16-/m1/s1. The highest BCUT2D eigenvalue weighted by Crippen LogP contribution is 2.68. The number of nitrogens with zero attached hydrogens (tertiary/aromatic N) is 2. The molecule has 0 spiro atoms. The number of hydrogen-bond acceptors (Lipinski definition) is 4. The van der Waals surface area contributed by atoms with Crippen molar-refractivity contribution in [2.24, 2.45) is 47.3 Å². The third kappa shape index (κ3) is 1.54. The Balaban J connectivity index is 1.53. The van der Waals surface area contributed by atoms with E-state index >= 15 is 0 Å². The molecule has 6 rings (SSSR count). The molecule has 4 aliphatic carbocycles. The molecule has 0 aromatic rings. The highest BCUT2D eigenvalue weighted by molar-refractivity contribution is 6.09. The Morgan fingerprint density at radius 2 is 1.04 bits per heavy atom. The maximum Gasteiger partial charge on any atom is 0.234 e. The Kier molecular flexibility index (Phi) is 3.04. The zero-order valence-corrected chi connectivity index (χ0v) is 14.3. The van der Waals surface area contributed by atoms with Crippen molar-refractivity contribution in [1.82, 2.24) is 9.80 Å². The van der Waals surface area contributed by atoms with Gasteiger partial charge in [-0.3, -0.25) is 29.0 Å². The fourth-order valence-corrected chi connectivity index (χ4v) is 6.34. The van der Waals surface area contributed by atoms with Crippen molar-refractivity contribution >= 4 is 23.6 Å². The predicted octanol–water partition coefficient (Wildman–Crippen LogP) is 0.623. The van der Waals surface area contributed by atoms with Crippen LogP contribution in [0.4, 0.5) is 0 Å². The van der Waals surface area contributed by atoms with E-state index in [1.165, 1.54) is 9.80 Å². The van der Waals surface area contributed by atoms with Crippen LogP contribution < -0.4 is 0 Å². The fourth-order valence-electron chi connectivity index (χ4n) is 6.34. The first-order valence-electron chi connectivity index (χ1n) is 9.13. The van der Waals surface area contributed by atoms with Crippen molar-refractivity contribution in [2.45, 2.75) is 0 Å². The van der Waals surface area contributed by atoms with Gasteiger partial charge in [0.25, 0.3) is 0 Å². The fraction of sp³-hybridized carbons (Fsp3) is 0.500. The molecule has 2 aliphatic heterocycles. The molecule has 26 heavy (non-hydrogen) atoms. The molecule has 6 heteroatoms. The van der Waals surface area contributed by atoms with Crippen molar-refractivity contribution < 1.29 is 19.2 Å². The van der Waals surface area contributed by atoms with Crippen LogP contribution in [-0.4, -0.2) is 46.5 Å². The Morgan fingerprint density at radius 1 is 0.692 bits per heavy atom. The van der Waals surface area contributed by atoms with Gasteiger partial charge in [-0.05, 0) is 23.7 Å². The maximum absolute atomic E-state index is 12.9. The number of likely N-dealkylation sites (tertiary alicyclic amines) is 2. The van der Waals surface area contributed by atoms with Crippen LogP contribution in [0.3, 0.4) is 0 Å².